The highest BCUT2D eigenvalue weighted by Gasteiger charge is 2.21. The van der Waals surface area contributed by atoms with E-state index < -0.39 is 0 Å². The van der Waals surface area contributed by atoms with Crippen molar-refractivity contribution < 1.29 is 4.74 Å². The number of halogens is 1. The predicted molar refractivity (Wildman–Crippen MR) is 105 cm³/mol. The fourth-order valence-corrected chi connectivity index (χ4v) is 3.20. The van der Waals surface area contributed by atoms with Crippen molar-refractivity contribution in [1.29, 1.82) is 0 Å². The number of hydrogen-bond donors (Lipinski definition) is 2. The summed E-state index contributed by atoms with van der Waals surface area (Å²) in [6, 6.07) is 7.82. The molecule has 1 aromatic carbocycles. The first kappa shape index (κ1) is 20.0. The predicted octanol–water partition coefficient (Wildman–Crippen LogP) is 2.89. The molecule has 1 aromatic rings. The van der Waals surface area contributed by atoms with Crippen LogP contribution in [0.3, 0.4) is 0 Å². The van der Waals surface area contributed by atoms with Crippen LogP contribution in [-0.4, -0.2) is 55.8 Å². The van der Waals surface area contributed by atoms with Crippen LogP contribution in [0.4, 0.5) is 0 Å². The van der Waals surface area contributed by atoms with Crippen LogP contribution in [0.15, 0.2) is 29.3 Å². The summed E-state index contributed by atoms with van der Waals surface area (Å²) in [7, 11) is 0. The molecular weight excluding hydrogens is 336 g/mol. The van der Waals surface area contributed by atoms with Crippen LogP contribution < -0.4 is 10.6 Å². The molecule has 0 aromatic heterocycles. The molecule has 1 heterocycles. The van der Waals surface area contributed by atoms with Gasteiger partial charge in [0.1, 0.15) is 0 Å². The fraction of sp³-hybridized carbons (Fsp3) is 0.632. The van der Waals surface area contributed by atoms with Crippen molar-refractivity contribution in [3.63, 3.8) is 0 Å². The Bertz CT molecular complexity index is 525. The monoisotopic (exact) mass is 366 g/mol. The van der Waals surface area contributed by atoms with Crippen molar-refractivity contribution in [3.8, 4) is 0 Å². The normalized spacial score (nSPS) is 22.0. The zero-order chi connectivity index (χ0) is 18.1. The smallest absolute Gasteiger partial charge is 0.191 e. The summed E-state index contributed by atoms with van der Waals surface area (Å²) in [5.41, 5.74) is 1.15. The molecular formula is C19H31ClN4O. The number of nitrogens with one attached hydrogen (secondary N) is 2. The Labute approximate surface area is 156 Å². The molecule has 25 heavy (non-hydrogen) atoms. The van der Waals surface area contributed by atoms with Crippen molar-refractivity contribution >= 4 is 17.6 Å². The summed E-state index contributed by atoms with van der Waals surface area (Å²) >= 11 is 5.92. The second kappa shape index (κ2) is 10.6. The standard InChI is InChI=1S/C19H31ClN4O/c1-4-21-19(23-12-17-6-8-18(20)9-7-17)22-10-5-11-24-13-15(2)25-16(3)14-24/h6-9,15-16H,4-5,10-14H2,1-3H3,(H2,21,22,23). The molecule has 1 aliphatic heterocycles. The van der Waals surface area contributed by atoms with Crippen LogP contribution in [-0.2, 0) is 11.3 Å². The van der Waals surface area contributed by atoms with E-state index in [1.807, 2.05) is 24.3 Å². The third-order valence-corrected chi connectivity index (χ3v) is 4.37. The van der Waals surface area contributed by atoms with E-state index in [9.17, 15) is 0 Å². The molecule has 0 saturated carbocycles. The number of ether oxygens (including phenoxy) is 1. The molecule has 0 bridgehead atoms. The van der Waals surface area contributed by atoms with E-state index in [0.717, 1.165) is 55.7 Å². The summed E-state index contributed by atoms with van der Waals surface area (Å²) in [6.07, 6.45) is 1.75. The maximum atomic E-state index is 5.92. The van der Waals surface area contributed by atoms with Gasteiger partial charge in [0.15, 0.2) is 5.96 Å². The average molecular weight is 367 g/mol. The largest absolute Gasteiger partial charge is 0.373 e. The number of aliphatic imine (C=N–C) groups is 1. The molecule has 1 fully saturated rings. The number of guanidine groups is 1. The van der Waals surface area contributed by atoms with Crippen molar-refractivity contribution in [2.24, 2.45) is 4.99 Å². The van der Waals surface area contributed by atoms with E-state index in [4.69, 9.17) is 16.3 Å². The SMILES string of the molecule is CCNC(=NCc1ccc(Cl)cc1)NCCCN1CC(C)OC(C)C1. The van der Waals surface area contributed by atoms with Crippen LogP contribution in [0, 0.1) is 0 Å². The zero-order valence-electron chi connectivity index (χ0n) is 15.6. The van der Waals surface area contributed by atoms with Crippen LogP contribution in [0.25, 0.3) is 0 Å². The van der Waals surface area contributed by atoms with E-state index in [-0.39, 0.29) is 0 Å². The molecule has 1 saturated heterocycles. The maximum Gasteiger partial charge on any atom is 0.191 e. The van der Waals surface area contributed by atoms with Crippen molar-refractivity contribution in [2.75, 3.05) is 32.7 Å². The van der Waals surface area contributed by atoms with Crippen LogP contribution in [0.2, 0.25) is 5.02 Å². The van der Waals surface area contributed by atoms with Crippen molar-refractivity contribution in [2.45, 2.75) is 45.9 Å². The van der Waals surface area contributed by atoms with Gasteiger partial charge in [-0.3, -0.25) is 4.90 Å². The topological polar surface area (TPSA) is 48.9 Å². The molecule has 0 amide bonds. The minimum atomic E-state index is 0.329. The first-order valence-corrected chi connectivity index (χ1v) is 9.59. The lowest BCUT2D eigenvalue weighted by Gasteiger charge is -2.35. The molecule has 5 nitrogen and oxygen atoms in total. The number of rotatable bonds is 7. The molecule has 6 heteroatoms. The van der Waals surface area contributed by atoms with Crippen molar-refractivity contribution in [1.82, 2.24) is 15.5 Å². The quantitative estimate of drug-likeness (QED) is 0.442. The Morgan fingerprint density at radius 1 is 1.20 bits per heavy atom. The molecule has 0 radical (unpaired) electrons. The highest BCUT2D eigenvalue weighted by Crippen LogP contribution is 2.11. The van der Waals surface area contributed by atoms with Crippen LogP contribution in [0.5, 0.6) is 0 Å². The van der Waals surface area contributed by atoms with E-state index in [1.54, 1.807) is 0 Å². The molecule has 2 atom stereocenters. The lowest BCUT2D eigenvalue weighted by Crippen LogP contribution is -2.46. The third-order valence-electron chi connectivity index (χ3n) is 4.12. The van der Waals surface area contributed by atoms with Gasteiger partial charge in [-0.1, -0.05) is 23.7 Å². The Kier molecular flexibility index (Phi) is 8.52. The van der Waals surface area contributed by atoms with Gasteiger partial charge in [-0.15, -0.1) is 0 Å². The first-order chi connectivity index (χ1) is 12.1. The maximum absolute atomic E-state index is 5.92. The molecule has 2 rings (SSSR count). The first-order valence-electron chi connectivity index (χ1n) is 9.21. The van der Waals surface area contributed by atoms with E-state index >= 15 is 0 Å². The Morgan fingerprint density at radius 2 is 1.88 bits per heavy atom. The number of benzene rings is 1. The molecule has 2 N–H and O–H groups in total. The van der Waals surface area contributed by atoms with Crippen LogP contribution >= 0.6 is 11.6 Å². The lowest BCUT2D eigenvalue weighted by molar-refractivity contribution is -0.0679. The summed E-state index contributed by atoms with van der Waals surface area (Å²) < 4.78 is 5.78. The van der Waals surface area contributed by atoms with Gasteiger partial charge in [0.25, 0.3) is 0 Å². The van der Waals surface area contributed by atoms with Gasteiger partial charge < -0.3 is 15.4 Å². The van der Waals surface area contributed by atoms with Gasteiger partial charge >= 0.3 is 0 Å². The minimum absolute atomic E-state index is 0.329. The highest BCUT2D eigenvalue weighted by molar-refractivity contribution is 6.30. The summed E-state index contributed by atoms with van der Waals surface area (Å²) in [6.45, 7) is 11.9. The molecule has 1 aliphatic rings. The van der Waals surface area contributed by atoms with E-state index in [0.29, 0.717) is 18.8 Å². The van der Waals surface area contributed by atoms with Crippen LogP contribution in [0.1, 0.15) is 32.8 Å². The number of nitrogens with zero attached hydrogens (tertiary/aromatic N) is 2. The Hall–Kier alpha value is -1.30. The lowest BCUT2D eigenvalue weighted by atomic mass is 10.2. The summed E-state index contributed by atoms with van der Waals surface area (Å²) in [5.74, 6) is 0.862. The van der Waals surface area contributed by atoms with Gasteiger partial charge in [-0.05, 0) is 44.9 Å². The van der Waals surface area contributed by atoms with Gasteiger partial charge in [0.05, 0.1) is 18.8 Å². The van der Waals surface area contributed by atoms with Gasteiger partial charge in [0.2, 0.25) is 0 Å². The molecule has 0 aliphatic carbocycles. The molecule has 140 valence electrons. The van der Waals surface area contributed by atoms with Gasteiger partial charge in [-0.25, -0.2) is 4.99 Å². The molecule has 2 unspecified atom stereocenters. The van der Waals surface area contributed by atoms with Crippen molar-refractivity contribution in [3.05, 3.63) is 34.9 Å². The second-order valence-electron chi connectivity index (χ2n) is 6.62. The zero-order valence-corrected chi connectivity index (χ0v) is 16.4. The minimum Gasteiger partial charge on any atom is -0.373 e. The summed E-state index contributed by atoms with van der Waals surface area (Å²) in [4.78, 5) is 7.12. The summed E-state index contributed by atoms with van der Waals surface area (Å²) in [5, 5.41) is 7.47. The van der Waals surface area contributed by atoms with Gasteiger partial charge in [-0.2, -0.15) is 0 Å². The molecule has 0 spiro atoms. The number of hydrogen-bond acceptors (Lipinski definition) is 3. The average Bonchev–Trinajstić information content (AvgIpc) is 2.57. The van der Waals surface area contributed by atoms with Gasteiger partial charge in [0, 0.05) is 37.7 Å². The Balaban J connectivity index is 1.73. The third kappa shape index (κ3) is 7.63. The fourth-order valence-electron chi connectivity index (χ4n) is 3.08. The van der Waals surface area contributed by atoms with E-state index in [1.165, 1.54) is 0 Å². The van der Waals surface area contributed by atoms with E-state index in [2.05, 4.69) is 41.3 Å². The second-order valence-corrected chi connectivity index (χ2v) is 7.06. The highest BCUT2D eigenvalue weighted by atomic mass is 35.5. The Morgan fingerprint density at radius 3 is 2.52 bits per heavy atom. The number of morpholine rings is 1.